The zero-order chi connectivity index (χ0) is 16.1. The SMILES string of the molecule is Bc1ccc(OC(C)C2CCN(C(=O)OC(C)C)CC2)cc1. The topological polar surface area (TPSA) is 38.8 Å². The maximum absolute atomic E-state index is 11.9. The van der Waals surface area contributed by atoms with Gasteiger partial charge in [-0.1, -0.05) is 17.6 Å². The number of benzene rings is 1. The minimum Gasteiger partial charge on any atom is -0.490 e. The van der Waals surface area contributed by atoms with Crippen LogP contribution in [0.1, 0.15) is 33.6 Å². The van der Waals surface area contributed by atoms with E-state index in [1.807, 2.05) is 26.0 Å². The van der Waals surface area contributed by atoms with Crippen LogP contribution in [0.4, 0.5) is 4.79 Å². The van der Waals surface area contributed by atoms with Crippen LogP contribution in [0.25, 0.3) is 0 Å². The molecule has 0 aromatic heterocycles. The monoisotopic (exact) mass is 303 g/mol. The first-order chi connectivity index (χ1) is 10.5. The molecule has 120 valence electrons. The lowest BCUT2D eigenvalue weighted by molar-refractivity contribution is 0.0495. The van der Waals surface area contributed by atoms with Crippen LogP contribution in [0.3, 0.4) is 0 Å². The number of hydrogen-bond acceptors (Lipinski definition) is 3. The second-order valence-corrected chi connectivity index (χ2v) is 6.39. The first-order valence-electron chi connectivity index (χ1n) is 8.14. The predicted octanol–water partition coefficient (Wildman–Crippen LogP) is 1.97. The van der Waals surface area contributed by atoms with E-state index in [0.29, 0.717) is 5.92 Å². The Labute approximate surface area is 134 Å². The van der Waals surface area contributed by atoms with Crippen LogP contribution in [0.5, 0.6) is 5.75 Å². The van der Waals surface area contributed by atoms with E-state index in [2.05, 4.69) is 26.9 Å². The van der Waals surface area contributed by atoms with E-state index >= 15 is 0 Å². The number of piperidine rings is 1. The Bertz CT molecular complexity index is 481. The molecule has 1 aromatic rings. The van der Waals surface area contributed by atoms with Crippen LogP contribution in [0.15, 0.2) is 24.3 Å². The fourth-order valence-electron chi connectivity index (χ4n) is 2.76. The number of amides is 1. The molecule has 0 bridgehead atoms. The lowest BCUT2D eigenvalue weighted by Gasteiger charge is -2.34. The molecule has 0 saturated carbocycles. The molecule has 1 aliphatic rings. The van der Waals surface area contributed by atoms with E-state index in [4.69, 9.17) is 9.47 Å². The first-order valence-corrected chi connectivity index (χ1v) is 8.14. The molecule has 1 aliphatic heterocycles. The van der Waals surface area contributed by atoms with E-state index < -0.39 is 0 Å². The van der Waals surface area contributed by atoms with Gasteiger partial charge in [-0.2, -0.15) is 0 Å². The van der Waals surface area contributed by atoms with Crippen molar-refractivity contribution in [1.82, 2.24) is 4.90 Å². The van der Waals surface area contributed by atoms with Crippen LogP contribution in [-0.4, -0.2) is 44.1 Å². The molecule has 0 N–H and O–H groups in total. The Morgan fingerprint density at radius 3 is 2.32 bits per heavy atom. The normalized spacial score (nSPS) is 17.4. The van der Waals surface area contributed by atoms with E-state index in [1.54, 1.807) is 4.90 Å². The Kier molecular flexibility index (Phi) is 5.75. The van der Waals surface area contributed by atoms with Gasteiger partial charge in [0, 0.05) is 13.1 Å². The van der Waals surface area contributed by atoms with Crippen molar-refractivity contribution in [2.24, 2.45) is 5.92 Å². The summed E-state index contributed by atoms with van der Waals surface area (Å²) in [4.78, 5) is 13.7. The van der Waals surface area contributed by atoms with Gasteiger partial charge in [0.25, 0.3) is 0 Å². The third-order valence-electron chi connectivity index (χ3n) is 4.14. The smallest absolute Gasteiger partial charge is 0.410 e. The highest BCUT2D eigenvalue weighted by Gasteiger charge is 2.28. The molecule has 1 amide bonds. The van der Waals surface area contributed by atoms with Crippen molar-refractivity contribution >= 4 is 19.4 Å². The van der Waals surface area contributed by atoms with Crippen molar-refractivity contribution < 1.29 is 14.3 Å². The van der Waals surface area contributed by atoms with Crippen molar-refractivity contribution in [3.63, 3.8) is 0 Å². The fourth-order valence-corrected chi connectivity index (χ4v) is 2.76. The van der Waals surface area contributed by atoms with Crippen molar-refractivity contribution in [3.8, 4) is 5.75 Å². The van der Waals surface area contributed by atoms with Gasteiger partial charge in [0.1, 0.15) is 13.6 Å². The number of carbonyl (C=O) groups excluding carboxylic acids is 1. The average Bonchev–Trinajstić information content (AvgIpc) is 2.49. The van der Waals surface area contributed by atoms with Gasteiger partial charge in [-0.15, -0.1) is 0 Å². The highest BCUT2D eigenvalue weighted by molar-refractivity contribution is 6.32. The Hall–Kier alpha value is -1.65. The summed E-state index contributed by atoms with van der Waals surface area (Å²) in [7, 11) is 2.07. The van der Waals surface area contributed by atoms with E-state index in [9.17, 15) is 4.79 Å². The maximum atomic E-state index is 11.9. The molecule has 0 aliphatic carbocycles. The number of carbonyl (C=O) groups is 1. The second-order valence-electron chi connectivity index (χ2n) is 6.39. The van der Waals surface area contributed by atoms with Gasteiger partial charge in [-0.3, -0.25) is 0 Å². The quantitative estimate of drug-likeness (QED) is 0.798. The van der Waals surface area contributed by atoms with Crippen LogP contribution in [-0.2, 0) is 4.74 Å². The zero-order valence-corrected chi connectivity index (χ0v) is 14.0. The van der Waals surface area contributed by atoms with Gasteiger partial charge in [0.05, 0.1) is 12.2 Å². The first kappa shape index (κ1) is 16.7. The summed E-state index contributed by atoms with van der Waals surface area (Å²) in [6.45, 7) is 7.37. The number of ether oxygens (including phenoxy) is 2. The van der Waals surface area contributed by atoms with Gasteiger partial charge in [-0.05, 0) is 51.7 Å². The summed E-state index contributed by atoms with van der Waals surface area (Å²) in [6, 6.07) is 8.15. The van der Waals surface area contributed by atoms with Crippen LogP contribution in [0.2, 0.25) is 0 Å². The highest BCUT2D eigenvalue weighted by atomic mass is 16.6. The zero-order valence-electron chi connectivity index (χ0n) is 14.0. The van der Waals surface area contributed by atoms with Gasteiger partial charge in [0.2, 0.25) is 0 Å². The number of hydrogen-bond donors (Lipinski definition) is 0. The molecule has 1 heterocycles. The standard InChI is InChI=1S/C17H26BNO3/c1-12(2)21-17(20)19-10-8-14(9-11-19)13(3)22-16-6-4-15(18)5-7-16/h4-7,12-14H,8-11,18H2,1-3H3. The van der Waals surface area contributed by atoms with Gasteiger partial charge in [0.15, 0.2) is 0 Å². The molecule has 1 saturated heterocycles. The Morgan fingerprint density at radius 2 is 1.77 bits per heavy atom. The molecule has 0 spiro atoms. The molecule has 4 nitrogen and oxygen atoms in total. The molecule has 1 unspecified atom stereocenters. The summed E-state index contributed by atoms with van der Waals surface area (Å²) in [6.07, 6.45) is 1.82. The number of likely N-dealkylation sites (tertiary alicyclic amines) is 1. The molecule has 2 rings (SSSR count). The van der Waals surface area contributed by atoms with E-state index in [-0.39, 0.29) is 18.3 Å². The van der Waals surface area contributed by atoms with Crippen LogP contribution in [0, 0.1) is 5.92 Å². The third-order valence-corrected chi connectivity index (χ3v) is 4.14. The van der Waals surface area contributed by atoms with Crippen molar-refractivity contribution in [2.45, 2.75) is 45.8 Å². The van der Waals surface area contributed by atoms with Crippen LogP contribution >= 0.6 is 0 Å². The van der Waals surface area contributed by atoms with Crippen molar-refractivity contribution in [2.75, 3.05) is 13.1 Å². The van der Waals surface area contributed by atoms with E-state index in [1.165, 1.54) is 5.46 Å². The third kappa shape index (κ3) is 4.68. The summed E-state index contributed by atoms with van der Waals surface area (Å²) in [5.74, 6) is 1.39. The largest absolute Gasteiger partial charge is 0.490 e. The van der Waals surface area contributed by atoms with Gasteiger partial charge in [-0.25, -0.2) is 4.79 Å². The average molecular weight is 303 g/mol. The molecule has 1 fully saturated rings. The molecule has 0 radical (unpaired) electrons. The molecular formula is C17H26BNO3. The molecule has 22 heavy (non-hydrogen) atoms. The fraction of sp³-hybridized carbons (Fsp3) is 0.588. The highest BCUT2D eigenvalue weighted by Crippen LogP contribution is 2.24. The number of rotatable bonds is 4. The summed E-state index contributed by atoms with van der Waals surface area (Å²) in [5.41, 5.74) is 1.23. The Morgan fingerprint density at radius 1 is 1.18 bits per heavy atom. The van der Waals surface area contributed by atoms with Gasteiger partial charge >= 0.3 is 6.09 Å². The molecular weight excluding hydrogens is 277 g/mol. The molecule has 1 aromatic carbocycles. The lowest BCUT2D eigenvalue weighted by Crippen LogP contribution is -2.42. The lowest BCUT2D eigenvalue weighted by atomic mass is 9.92. The molecule has 1 atom stereocenters. The Balaban J connectivity index is 1.80. The summed E-state index contributed by atoms with van der Waals surface area (Å²) >= 11 is 0. The van der Waals surface area contributed by atoms with Crippen molar-refractivity contribution in [3.05, 3.63) is 24.3 Å². The predicted molar refractivity (Wildman–Crippen MR) is 90.6 cm³/mol. The second kappa shape index (κ2) is 7.57. The summed E-state index contributed by atoms with van der Waals surface area (Å²) in [5, 5.41) is 0. The maximum Gasteiger partial charge on any atom is 0.410 e. The van der Waals surface area contributed by atoms with E-state index in [0.717, 1.165) is 31.7 Å². The minimum atomic E-state index is -0.194. The minimum absolute atomic E-state index is 0.0611. The number of nitrogens with zero attached hydrogens (tertiary/aromatic N) is 1. The van der Waals surface area contributed by atoms with Crippen molar-refractivity contribution in [1.29, 1.82) is 0 Å². The molecule has 5 heteroatoms. The van der Waals surface area contributed by atoms with Crippen LogP contribution < -0.4 is 10.2 Å². The summed E-state index contributed by atoms with van der Waals surface area (Å²) < 4.78 is 11.3. The van der Waals surface area contributed by atoms with Gasteiger partial charge < -0.3 is 14.4 Å².